The molecule has 1 aromatic carbocycles. The van der Waals surface area contributed by atoms with E-state index in [1.54, 1.807) is 0 Å². The molecular weight excluding hydrogens is 325 g/mol. The number of halogens is 2. The van der Waals surface area contributed by atoms with Gasteiger partial charge in [-0.3, -0.25) is 0 Å². The van der Waals surface area contributed by atoms with Gasteiger partial charge in [-0.2, -0.15) is 0 Å². The van der Waals surface area contributed by atoms with Crippen LogP contribution < -0.4 is 10.1 Å². The summed E-state index contributed by atoms with van der Waals surface area (Å²) in [5.74, 6) is 0.864. The van der Waals surface area contributed by atoms with Crippen molar-refractivity contribution in [3.05, 3.63) is 50.1 Å². The molecule has 1 aromatic heterocycles. The van der Waals surface area contributed by atoms with E-state index in [2.05, 4.69) is 24.4 Å². The fourth-order valence-electron chi connectivity index (χ4n) is 2.20. The molecule has 0 radical (unpaired) electrons. The fraction of sp³-hybridized carbons (Fsp3) is 0.375. The van der Waals surface area contributed by atoms with Crippen LogP contribution in [0.2, 0.25) is 8.67 Å². The van der Waals surface area contributed by atoms with Crippen molar-refractivity contribution in [2.24, 2.45) is 0 Å². The molecule has 0 aliphatic heterocycles. The zero-order chi connectivity index (χ0) is 15.4. The lowest BCUT2D eigenvalue weighted by molar-refractivity contribution is 0.242. The van der Waals surface area contributed by atoms with Crippen LogP contribution in [0, 0.1) is 0 Å². The van der Waals surface area contributed by atoms with Gasteiger partial charge in [0.05, 0.1) is 20.8 Å². The Labute approximate surface area is 140 Å². The standard InChI is InChI=1S/C16H19Cl2NOS/c1-4-19-15(13-9-14(17)21-16(13)18)11-6-5-7-12(8-11)20-10(2)3/h5-10,15,19H,4H2,1-3H3. The van der Waals surface area contributed by atoms with E-state index in [4.69, 9.17) is 27.9 Å². The third-order valence-corrected chi connectivity index (χ3v) is 4.48. The largest absolute Gasteiger partial charge is 0.491 e. The smallest absolute Gasteiger partial charge is 0.120 e. The first kappa shape index (κ1) is 16.6. The van der Waals surface area contributed by atoms with Crippen LogP contribution in [0.3, 0.4) is 0 Å². The van der Waals surface area contributed by atoms with Crippen LogP contribution in [0.1, 0.15) is 37.9 Å². The maximum Gasteiger partial charge on any atom is 0.120 e. The summed E-state index contributed by atoms with van der Waals surface area (Å²) >= 11 is 13.8. The minimum atomic E-state index is 0.0157. The Kier molecular flexibility index (Phi) is 5.94. The summed E-state index contributed by atoms with van der Waals surface area (Å²) in [6.07, 6.45) is 0.150. The topological polar surface area (TPSA) is 21.3 Å². The van der Waals surface area contributed by atoms with Gasteiger partial charge >= 0.3 is 0 Å². The van der Waals surface area contributed by atoms with E-state index in [0.717, 1.165) is 27.8 Å². The van der Waals surface area contributed by atoms with E-state index in [9.17, 15) is 0 Å². The lowest BCUT2D eigenvalue weighted by Gasteiger charge is -2.19. The first-order chi connectivity index (χ1) is 10.0. The van der Waals surface area contributed by atoms with Crippen molar-refractivity contribution in [1.82, 2.24) is 5.32 Å². The number of ether oxygens (including phenoxy) is 1. The summed E-state index contributed by atoms with van der Waals surface area (Å²) < 4.78 is 7.19. The molecule has 1 unspecified atom stereocenters. The lowest BCUT2D eigenvalue weighted by atomic mass is 10.0. The molecule has 0 amide bonds. The van der Waals surface area contributed by atoms with Crippen molar-refractivity contribution in [3.8, 4) is 5.75 Å². The predicted molar refractivity (Wildman–Crippen MR) is 92.1 cm³/mol. The maximum absolute atomic E-state index is 6.31. The third-order valence-electron chi connectivity index (χ3n) is 2.97. The highest BCUT2D eigenvalue weighted by Gasteiger charge is 2.19. The summed E-state index contributed by atoms with van der Waals surface area (Å²) in [6.45, 7) is 6.95. The lowest BCUT2D eigenvalue weighted by Crippen LogP contribution is -2.21. The van der Waals surface area contributed by atoms with Gasteiger partial charge in [0.25, 0.3) is 0 Å². The van der Waals surface area contributed by atoms with Crippen LogP contribution in [-0.4, -0.2) is 12.6 Å². The van der Waals surface area contributed by atoms with Crippen LogP contribution in [0.25, 0.3) is 0 Å². The molecule has 114 valence electrons. The Morgan fingerprint density at radius 3 is 2.57 bits per heavy atom. The maximum atomic E-state index is 6.31. The molecule has 21 heavy (non-hydrogen) atoms. The third kappa shape index (κ3) is 4.36. The van der Waals surface area contributed by atoms with E-state index in [1.807, 2.05) is 32.0 Å². The highest BCUT2D eigenvalue weighted by atomic mass is 35.5. The molecule has 0 fully saturated rings. The minimum Gasteiger partial charge on any atom is -0.491 e. The molecule has 1 heterocycles. The molecule has 0 saturated carbocycles. The highest BCUT2D eigenvalue weighted by molar-refractivity contribution is 7.20. The Morgan fingerprint density at radius 2 is 2.00 bits per heavy atom. The monoisotopic (exact) mass is 343 g/mol. The molecule has 0 saturated heterocycles. The van der Waals surface area contributed by atoms with Gasteiger partial charge in [0, 0.05) is 5.56 Å². The Bertz CT molecular complexity index is 598. The van der Waals surface area contributed by atoms with Crippen LogP contribution in [0.4, 0.5) is 0 Å². The summed E-state index contributed by atoms with van der Waals surface area (Å²) in [4.78, 5) is 0. The number of thiophene rings is 1. The fourth-order valence-corrected chi connectivity index (χ4v) is 3.73. The van der Waals surface area contributed by atoms with Crippen molar-refractivity contribution in [3.63, 3.8) is 0 Å². The number of rotatable bonds is 6. The van der Waals surface area contributed by atoms with E-state index >= 15 is 0 Å². The summed E-state index contributed by atoms with van der Waals surface area (Å²) in [5, 5.41) is 3.46. The van der Waals surface area contributed by atoms with Crippen molar-refractivity contribution in [2.75, 3.05) is 6.54 Å². The van der Waals surface area contributed by atoms with Gasteiger partial charge in [0.2, 0.25) is 0 Å². The van der Waals surface area contributed by atoms with Gasteiger partial charge in [-0.1, -0.05) is 42.3 Å². The van der Waals surface area contributed by atoms with Gasteiger partial charge in [-0.05, 0) is 44.2 Å². The second-order valence-electron chi connectivity index (χ2n) is 5.01. The summed E-state index contributed by atoms with van der Waals surface area (Å²) in [6, 6.07) is 10.0. The molecule has 0 aliphatic carbocycles. The average molecular weight is 344 g/mol. The second kappa shape index (κ2) is 7.50. The zero-order valence-electron chi connectivity index (χ0n) is 12.3. The molecular formula is C16H19Cl2NOS. The number of hydrogen-bond acceptors (Lipinski definition) is 3. The molecule has 2 rings (SSSR count). The van der Waals surface area contributed by atoms with Gasteiger partial charge in [0.1, 0.15) is 5.75 Å². The van der Waals surface area contributed by atoms with Crippen LogP contribution >= 0.6 is 34.5 Å². The van der Waals surface area contributed by atoms with Gasteiger partial charge in [-0.25, -0.2) is 0 Å². The van der Waals surface area contributed by atoms with Crippen molar-refractivity contribution in [1.29, 1.82) is 0 Å². The molecule has 0 spiro atoms. The summed E-state index contributed by atoms with van der Waals surface area (Å²) in [5.41, 5.74) is 2.13. The van der Waals surface area contributed by atoms with E-state index in [0.29, 0.717) is 4.34 Å². The number of benzene rings is 1. The average Bonchev–Trinajstić information content (AvgIpc) is 2.74. The van der Waals surface area contributed by atoms with Crippen LogP contribution in [0.15, 0.2) is 30.3 Å². The quantitative estimate of drug-likeness (QED) is 0.743. The van der Waals surface area contributed by atoms with Crippen molar-refractivity contribution in [2.45, 2.75) is 32.9 Å². The Hall–Kier alpha value is -0.740. The molecule has 0 bridgehead atoms. The predicted octanol–water partition coefficient (Wildman–Crippen LogP) is 5.54. The van der Waals surface area contributed by atoms with Gasteiger partial charge in [-0.15, -0.1) is 11.3 Å². The molecule has 1 atom stereocenters. The second-order valence-corrected chi connectivity index (χ2v) is 7.29. The molecule has 1 N–H and O–H groups in total. The number of hydrogen-bond donors (Lipinski definition) is 1. The van der Waals surface area contributed by atoms with E-state index < -0.39 is 0 Å². The highest BCUT2D eigenvalue weighted by Crippen LogP contribution is 2.38. The van der Waals surface area contributed by atoms with E-state index in [1.165, 1.54) is 11.3 Å². The first-order valence-electron chi connectivity index (χ1n) is 6.96. The zero-order valence-corrected chi connectivity index (χ0v) is 14.6. The summed E-state index contributed by atoms with van der Waals surface area (Å²) in [7, 11) is 0. The van der Waals surface area contributed by atoms with Crippen LogP contribution in [0.5, 0.6) is 5.75 Å². The normalized spacial score (nSPS) is 12.7. The molecule has 2 aromatic rings. The Balaban J connectivity index is 2.36. The molecule has 0 aliphatic rings. The van der Waals surface area contributed by atoms with Crippen LogP contribution in [-0.2, 0) is 0 Å². The number of nitrogens with one attached hydrogen (secondary N) is 1. The SMILES string of the molecule is CCNC(c1cccc(OC(C)C)c1)c1cc(Cl)sc1Cl. The van der Waals surface area contributed by atoms with Crippen molar-refractivity contribution >= 4 is 34.5 Å². The van der Waals surface area contributed by atoms with Crippen molar-refractivity contribution < 1.29 is 4.74 Å². The van der Waals surface area contributed by atoms with Gasteiger partial charge in [0.15, 0.2) is 0 Å². The molecule has 5 heteroatoms. The molecule has 2 nitrogen and oxygen atoms in total. The van der Waals surface area contributed by atoms with E-state index in [-0.39, 0.29) is 12.1 Å². The Morgan fingerprint density at radius 1 is 1.24 bits per heavy atom. The van der Waals surface area contributed by atoms with Gasteiger partial charge < -0.3 is 10.1 Å². The minimum absolute atomic E-state index is 0.0157. The first-order valence-corrected chi connectivity index (χ1v) is 8.53.